The van der Waals surface area contributed by atoms with Crippen LogP contribution in [0.2, 0.25) is 0 Å². The molecule has 1 heterocycles. The number of phenolic OH excluding ortho intramolecular Hbond substituents is 1. The van der Waals surface area contributed by atoms with Crippen LogP contribution in [-0.2, 0) is 4.74 Å². The van der Waals surface area contributed by atoms with E-state index in [9.17, 15) is 20.0 Å². The van der Waals surface area contributed by atoms with Crippen molar-refractivity contribution in [3.63, 3.8) is 0 Å². The van der Waals surface area contributed by atoms with E-state index < -0.39 is 22.3 Å². The fourth-order valence-corrected chi connectivity index (χ4v) is 1.38. The number of phenols is 1. The van der Waals surface area contributed by atoms with Gasteiger partial charge in [-0.25, -0.2) is 9.78 Å². The third-order valence-electron chi connectivity index (χ3n) is 2.13. The predicted octanol–water partition coefficient (Wildman–Crippen LogP) is 1.62. The van der Waals surface area contributed by atoms with Crippen LogP contribution in [0.15, 0.2) is 16.5 Å². The lowest BCUT2D eigenvalue weighted by Gasteiger charge is -1.94. The van der Waals surface area contributed by atoms with Gasteiger partial charge in [0.15, 0.2) is 11.3 Å². The van der Waals surface area contributed by atoms with E-state index in [1.54, 1.807) is 6.92 Å². The summed E-state index contributed by atoms with van der Waals surface area (Å²) in [4.78, 5) is 24.9. The summed E-state index contributed by atoms with van der Waals surface area (Å²) in [6.45, 7) is 1.78. The first-order chi connectivity index (χ1) is 8.52. The highest BCUT2D eigenvalue weighted by Crippen LogP contribution is 2.31. The van der Waals surface area contributed by atoms with Crippen molar-refractivity contribution >= 4 is 22.8 Å². The van der Waals surface area contributed by atoms with Crippen LogP contribution < -0.4 is 0 Å². The maximum Gasteiger partial charge on any atom is 0.394 e. The second kappa shape index (κ2) is 4.32. The molecular formula is C10H8N2O6. The van der Waals surface area contributed by atoms with Gasteiger partial charge in [0.05, 0.1) is 11.5 Å². The fourth-order valence-electron chi connectivity index (χ4n) is 1.38. The highest BCUT2D eigenvalue weighted by atomic mass is 16.6. The minimum Gasteiger partial charge on any atom is -0.502 e. The van der Waals surface area contributed by atoms with Crippen LogP contribution in [0.4, 0.5) is 5.69 Å². The number of fused-ring (bicyclic) bond motifs is 1. The van der Waals surface area contributed by atoms with Gasteiger partial charge in [-0.3, -0.25) is 10.1 Å². The Balaban J connectivity index is 2.52. The lowest BCUT2D eigenvalue weighted by molar-refractivity contribution is -0.385. The zero-order valence-corrected chi connectivity index (χ0v) is 9.24. The number of aromatic hydroxyl groups is 1. The van der Waals surface area contributed by atoms with Gasteiger partial charge in [0, 0.05) is 12.1 Å². The zero-order valence-electron chi connectivity index (χ0n) is 9.24. The van der Waals surface area contributed by atoms with E-state index in [0.29, 0.717) is 0 Å². The van der Waals surface area contributed by atoms with Crippen molar-refractivity contribution < 1.29 is 24.0 Å². The first-order valence-corrected chi connectivity index (χ1v) is 4.98. The van der Waals surface area contributed by atoms with Crippen LogP contribution in [0.5, 0.6) is 5.75 Å². The standard InChI is InChI=1S/C10H8N2O6/c1-2-17-10(14)9-11-5-3-6(12(15)16)7(13)4-8(5)18-9/h3-4,13H,2H2,1H3. The van der Waals surface area contributed by atoms with Crippen molar-refractivity contribution in [3.05, 3.63) is 28.1 Å². The number of oxazole rings is 1. The summed E-state index contributed by atoms with van der Waals surface area (Å²) in [5.41, 5.74) is -0.338. The minimum atomic E-state index is -0.768. The minimum absolute atomic E-state index is 0.0705. The molecule has 0 bridgehead atoms. The second-order valence-electron chi connectivity index (χ2n) is 3.31. The van der Waals surface area contributed by atoms with Crippen molar-refractivity contribution in [2.45, 2.75) is 6.92 Å². The highest BCUT2D eigenvalue weighted by Gasteiger charge is 2.21. The van der Waals surface area contributed by atoms with Gasteiger partial charge < -0.3 is 14.3 Å². The van der Waals surface area contributed by atoms with E-state index in [4.69, 9.17) is 4.42 Å². The molecule has 0 radical (unpaired) electrons. The Kier molecular flexibility index (Phi) is 2.84. The first kappa shape index (κ1) is 11.8. The van der Waals surface area contributed by atoms with Crippen LogP contribution in [0, 0.1) is 10.1 Å². The Hall–Kier alpha value is -2.64. The van der Waals surface area contributed by atoms with E-state index >= 15 is 0 Å². The fraction of sp³-hybridized carbons (Fsp3) is 0.200. The molecule has 1 aromatic carbocycles. The topological polar surface area (TPSA) is 116 Å². The monoisotopic (exact) mass is 252 g/mol. The van der Waals surface area contributed by atoms with Crippen molar-refractivity contribution in [3.8, 4) is 5.75 Å². The number of rotatable bonds is 3. The van der Waals surface area contributed by atoms with Crippen LogP contribution in [0.25, 0.3) is 11.1 Å². The molecule has 0 spiro atoms. The molecule has 1 aromatic heterocycles. The van der Waals surface area contributed by atoms with Gasteiger partial charge in [0.25, 0.3) is 0 Å². The number of hydrogen-bond donors (Lipinski definition) is 1. The number of hydrogen-bond acceptors (Lipinski definition) is 7. The summed E-state index contributed by atoms with van der Waals surface area (Å²) < 4.78 is 9.70. The molecule has 0 aliphatic heterocycles. The summed E-state index contributed by atoms with van der Waals surface area (Å²) >= 11 is 0. The average molecular weight is 252 g/mol. The predicted molar refractivity (Wildman–Crippen MR) is 58.3 cm³/mol. The lowest BCUT2D eigenvalue weighted by Crippen LogP contribution is -2.04. The summed E-state index contributed by atoms with van der Waals surface area (Å²) in [7, 11) is 0. The van der Waals surface area contributed by atoms with E-state index in [-0.39, 0.29) is 23.6 Å². The molecule has 94 valence electrons. The van der Waals surface area contributed by atoms with Crippen LogP contribution >= 0.6 is 0 Å². The van der Waals surface area contributed by atoms with Crippen LogP contribution in [0.1, 0.15) is 17.6 Å². The third-order valence-corrected chi connectivity index (χ3v) is 2.13. The number of nitro benzene ring substituents is 1. The van der Waals surface area contributed by atoms with Crippen molar-refractivity contribution in [1.82, 2.24) is 4.98 Å². The largest absolute Gasteiger partial charge is 0.502 e. The van der Waals surface area contributed by atoms with Crippen LogP contribution in [-0.4, -0.2) is 27.6 Å². The molecule has 0 aliphatic rings. The molecule has 0 amide bonds. The van der Waals surface area contributed by atoms with Gasteiger partial charge in [-0.05, 0) is 6.92 Å². The van der Waals surface area contributed by atoms with Gasteiger partial charge in [0.2, 0.25) is 0 Å². The maximum atomic E-state index is 11.3. The molecule has 0 fully saturated rings. The van der Waals surface area contributed by atoms with Gasteiger partial charge in [0.1, 0.15) is 5.52 Å². The zero-order chi connectivity index (χ0) is 13.3. The number of benzene rings is 1. The molecule has 2 rings (SSSR count). The number of ether oxygens (including phenoxy) is 1. The van der Waals surface area contributed by atoms with E-state index in [0.717, 1.165) is 12.1 Å². The lowest BCUT2D eigenvalue weighted by atomic mass is 10.2. The normalized spacial score (nSPS) is 10.5. The van der Waals surface area contributed by atoms with E-state index in [2.05, 4.69) is 9.72 Å². The molecule has 0 saturated heterocycles. The first-order valence-electron chi connectivity index (χ1n) is 4.98. The quantitative estimate of drug-likeness (QED) is 0.501. The SMILES string of the molecule is CCOC(=O)c1nc2cc([N+](=O)[O-])c(O)cc2o1. The number of carbonyl (C=O) groups is 1. The summed E-state index contributed by atoms with van der Waals surface area (Å²) in [6.07, 6.45) is 0. The number of nitrogens with zero attached hydrogens (tertiary/aromatic N) is 2. The summed E-state index contributed by atoms with van der Waals surface area (Å²) in [5.74, 6) is -1.64. The summed E-state index contributed by atoms with van der Waals surface area (Å²) in [5, 5.41) is 20.0. The molecule has 0 saturated carbocycles. The smallest absolute Gasteiger partial charge is 0.394 e. The summed E-state index contributed by atoms with van der Waals surface area (Å²) in [6, 6.07) is 2.06. The highest BCUT2D eigenvalue weighted by molar-refractivity contribution is 5.89. The Morgan fingerprint density at radius 1 is 1.61 bits per heavy atom. The number of aromatic nitrogens is 1. The number of carbonyl (C=O) groups excluding carboxylic acids is 1. The molecule has 0 atom stereocenters. The van der Waals surface area contributed by atoms with Crippen LogP contribution in [0.3, 0.4) is 0 Å². The number of nitro groups is 1. The molecular weight excluding hydrogens is 244 g/mol. The Labute approximate surface area is 99.9 Å². The average Bonchev–Trinajstić information content (AvgIpc) is 2.70. The number of esters is 1. The van der Waals surface area contributed by atoms with Crippen molar-refractivity contribution in [1.29, 1.82) is 0 Å². The molecule has 18 heavy (non-hydrogen) atoms. The Morgan fingerprint density at radius 3 is 2.94 bits per heavy atom. The molecule has 1 N–H and O–H groups in total. The van der Waals surface area contributed by atoms with Gasteiger partial charge in [-0.1, -0.05) is 0 Å². The Bertz CT molecular complexity index is 633. The van der Waals surface area contributed by atoms with E-state index in [1.165, 1.54) is 0 Å². The Morgan fingerprint density at radius 2 is 2.33 bits per heavy atom. The molecule has 8 nitrogen and oxygen atoms in total. The van der Waals surface area contributed by atoms with Gasteiger partial charge >= 0.3 is 17.5 Å². The molecule has 2 aromatic rings. The van der Waals surface area contributed by atoms with Crippen molar-refractivity contribution in [2.75, 3.05) is 6.61 Å². The van der Waals surface area contributed by atoms with Crippen molar-refractivity contribution in [2.24, 2.45) is 0 Å². The third kappa shape index (κ3) is 1.95. The van der Waals surface area contributed by atoms with E-state index in [1.807, 2.05) is 0 Å². The molecule has 8 heteroatoms. The second-order valence-corrected chi connectivity index (χ2v) is 3.31. The van der Waals surface area contributed by atoms with Gasteiger partial charge in [-0.2, -0.15) is 0 Å². The van der Waals surface area contributed by atoms with Gasteiger partial charge in [-0.15, -0.1) is 0 Å². The molecule has 0 unspecified atom stereocenters. The molecule has 0 aliphatic carbocycles. The maximum absolute atomic E-state index is 11.3.